The van der Waals surface area contributed by atoms with Gasteiger partial charge in [-0.05, 0) is 65.3 Å². The van der Waals surface area contributed by atoms with Crippen molar-refractivity contribution in [3.05, 3.63) is 95.3 Å². The second kappa shape index (κ2) is 8.48. The molecule has 0 amide bonds. The van der Waals surface area contributed by atoms with E-state index in [0.717, 1.165) is 35.1 Å². The van der Waals surface area contributed by atoms with Gasteiger partial charge in [-0.3, -0.25) is 4.57 Å². The number of hydrogen-bond donors (Lipinski definition) is 0. The molecule has 0 saturated heterocycles. The van der Waals surface area contributed by atoms with E-state index in [0.29, 0.717) is 5.92 Å². The molecule has 0 atom stereocenters. The molecule has 0 bridgehead atoms. The monoisotopic (exact) mass is 380 g/mol. The number of imidazole rings is 1. The van der Waals surface area contributed by atoms with Gasteiger partial charge in [-0.1, -0.05) is 75.4 Å². The molecule has 4 aromatic rings. The Morgan fingerprint density at radius 1 is 0.828 bits per heavy atom. The van der Waals surface area contributed by atoms with Crippen LogP contribution >= 0.6 is 0 Å². The van der Waals surface area contributed by atoms with Gasteiger partial charge < -0.3 is 0 Å². The normalized spacial score (nSPS) is 11.7. The van der Waals surface area contributed by atoms with Crippen LogP contribution in [0.15, 0.2) is 73.1 Å². The summed E-state index contributed by atoms with van der Waals surface area (Å²) < 4.78 is 2.16. The van der Waals surface area contributed by atoms with Crippen LogP contribution in [0.1, 0.15) is 43.0 Å². The number of benzene rings is 3. The highest BCUT2D eigenvalue weighted by Gasteiger charge is 2.06. The zero-order valence-corrected chi connectivity index (χ0v) is 17.5. The van der Waals surface area contributed by atoms with Crippen molar-refractivity contribution in [3.63, 3.8) is 0 Å². The Labute approximate surface area is 173 Å². The van der Waals surface area contributed by atoms with Gasteiger partial charge in [-0.2, -0.15) is 0 Å². The quantitative estimate of drug-likeness (QED) is 0.331. The van der Waals surface area contributed by atoms with Crippen LogP contribution in [0.5, 0.6) is 0 Å². The van der Waals surface area contributed by atoms with E-state index in [1.165, 1.54) is 16.7 Å². The molecule has 2 heteroatoms. The van der Waals surface area contributed by atoms with Crippen LogP contribution in [-0.4, -0.2) is 9.55 Å². The average molecular weight is 381 g/mol. The average Bonchev–Trinajstić information content (AvgIpc) is 3.16. The first kappa shape index (κ1) is 19.2. The summed E-state index contributed by atoms with van der Waals surface area (Å²) in [5, 5.41) is 0. The maximum absolute atomic E-state index is 4.63. The van der Waals surface area contributed by atoms with Crippen LogP contribution in [0.3, 0.4) is 0 Å². The molecule has 0 aliphatic rings. The van der Waals surface area contributed by atoms with Gasteiger partial charge in [0.25, 0.3) is 0 Å². The van der Waals surface area contributed by atoms with Crippen molar-refractivity contribution in [2.45, 2.75) is 33.6 Å². The molecule has 1 aromatic heterocycles. The summed E-state index contributed by atoms with van der Waals surface area (Å²) in [4.78, 5) is 4.63. The zero-order valence-electron chi connectivity index (χ0n) is 17.5. The molecule has 2 nitrogen and oxygen atoms in total. The van der Waals surface area contributed by atoms with Gasteiger partial charge in [-0.15, -0.1) is 0 Å². The third-order valence-corrected chi connectivity index (χ3v) is 5.29. The second-order valence-corrected chi connectivity index (χ2v) is 8.06. The highest BCUT2D eigenvalue weighted by molar-refractivity contribution is 5.82. The minimum absolute atomic E-state index is 0.672. The Hall–Kier alpha value is -3.13. The standard InChI is InChI=1S/C27H28N2/c1-4-21-5-7-22(8-6-21)9-10-24-13-16-27-26(18-24)28-19-29(27)25-14-11-23(12-15-25)17-20(2)3/h5-16,18-20H,4,17H2,1-3H3/b10-9+. The van der Waals surface area contributed by atoms with Crippen molar-refractivity contribution in [2.24, 2.45) is 5.92 Å². The smallest absolute Gasteiger partial charge is 0.100 e. The fraction of sp³-hybridized carbons (Fsp3) is 0.222. The van der Waals surface area contributed by atoms with E-state index in [-0.39, 0.29) is 0 Å². The van der Waals surface area contributed by atoms with Crippen molar-refractivity contribution in [3.8, 4) is 5.69 Å². The van der Waals surface area contributed by atoms with E-state index in [2.05, 4.69) is 109 Å². The SMILES string of the molecule is CCc1ccc(/C=C/c2ccc3c(c2)ncn3-c2ccc(CC(C)C)cc2)cc1. The lowest BCUT2D eigenvalue weighted by Crippen LogP contribution is -1.96. The fourth-order valence-corrected chi connectivity index (χ4v) is 3.66. The molecular formula is C27H28N2. The lowest BCUT2D eigenvalue weighted by molar-refractivity contribution is 0.647. The molecule has 146 valence electrons. The Morgan fingerprint density at radius 2 is 1.48 bits per heavy atom. The third-order valence-electron chi connectivity index (χ3n) is 5.29. The predicted octanol–water partition coefficient (Wildman–Crippen LogP) is 6.96. The van der Waals surface area contributed by atoms with Crippen molar-refractivity contribution < 1.29 is 0 Å². The Bertz CT molecular complexity index is 1110. The summed E-state index contributed by atoms with van der Waals surface area (Å²) in [6.45, 7) is 6.69. The molecule has 0 spiro atoms. The Morgan fingerprint density at radius 3 is 2.17 bits per heavy atom. The maximum atomic E-state index is 4.63. The molecule has 0 fully saturated rings. The summed E-state index contributed by atoms with van der Waals surface area (Å²) in [6, 6.07) is 24.0. The topological polar surface area (TPSA) is 17.8 Å². The lowest BCUT2D eigenvalue weighted by atomic mass is 10.0. The van der Waals surface area contributed by atoms with E-state index >= 15 is 0 Å². The molecular weight excluding hydrogens is 352 g/mol. The van der Waals surface area contributed by atoms with Crippen molar-refractivity contribution in [1.29, 1.82) is 0 Å². The molecule has 0 unspecified atom stereocenters. The molecule has 0 radical (unpaired) electrons. The number of fused-ring (bicyclic) bond motifs is 1. The summed E-state index contributed by atoms with van der Waals surface area (Å²) in [5.41, 5.74) is 8.42. The molecule has 0 N–H and O–H groups in total. The minimum Gasteiger partial charge on any atom is -0.299 e. The first-order chi connectivity index (χ1) is 14.1. The van der Waals surface area contributed by atoms with E-state index in [4.69, 9.17) is 0 Å². The number of rotatable bonds is 6. The molecule has 3 aromatic carbocycles. The van der Waals surface area contributed by atoms with E-state index < -0.39 is 0 Å². The number of nitrogens with zero attached hydrogens (tertiary/aromatic N) is 2. The first-order valence-electron chi connectivity index (χ1n) is 10.5. The van der Waals surface area contributed by atoms with Gasteiger partial charge >= 0.3 is 0 Å². The van der Waals surface area contributed by atoms with E-state index in [1.807, 2.05) is 6.33 Å². The van der Waals surface area contributed by atoms with Gasteiger partial charge in [-0.25, -0.2) is 4.98 Å². The third kappa shape index (κ3) is 4.48. The maximum Gasteiger partial charge on any atom is 0.100 e. The van der Waals surface area contributed by atoms with Gasteiger partial charge in [0.15, 0.2) is 0 Å². The van der Waals surface area contributed by atoms with Gasteiger partial charge in [0, 0.05) is 5.69 Å². The van der Waals surface area contributed by atoms with Crippen molar-refractivity contribution >= 4 is 23.2 Å². The molecule has 0 aliphatic carbocycles. The van der Waals surface area contributed by atoms with E-state index in [1.54, 1.807) is 0 Å². The lowest BCUT2D eigenvalue weighted by Gasteiger charge is -2.08. The summed E-state index contributed by atoms with van der Waals surface area (Å²) in [5.74, 6) is 0.672. The number of aryl methyl sites for hydroxylation is 1. The predicted molar refractivity (Wildman–Crippen MR) is 124 cm³/mol. The van der Waals surface area contributed by atoms with Crippen LogP contribution in [0.4, 0.5) is 0 Å². The first-order valence-corrected chi connectivity index (χ1v) is 10.5. The number of hydrogen-bond acceptors (Lipinski definition) is 1. The van der Waals surface area contributed by atoms with E-state index in [9.17, 15) is 0 Å². The minimum atomic E-state index is 0.672. The van der Waals surface area contributed by atoms with Crippen LogP contribution in [-0.2, 0) is 12.8 Å². The Kier molecular flexibility index (Phi) is 5.62. The summed E-state index contributed by atoms with van der Waals surface area (Å²) in [7, 11) is 0. The Balaban J connectivity index is 1.56. The van der Waals surface area contributed by atoms with Crippen molar-refractivity contribution in [1.82, 2.24) is 9.55 Å². The summed E-state index contributed by atoms with van der Waals surface area (Å²) in [6.07, 6.45) is 8.41. The van der Waals surface area contributed by atoms with Gasteiger partial charge in [0.2, 0.25) is 0 Å². The highest BCUT2D eigenvalue weighted by Crippen LogP contribution is 2.21. The van der Waals surface area contributed by atoms with Crippen LogP contribution in [0.25, 0.3) is 28.9 Å². The largest absolute Gasteiger partial charge is 0.299 e. The molecule has 0 saturated carbocycles. The fourth-order valence-electron chi connectivity index (χ4n) is 3.66. The molecule has 29 heavy (non-hydrogen) atoms. The van der Waals surface area contributed by atoms with Crippen molar-refractivity contribution in [2.75, 3.05) is 0 Å². The van der Waals surface area contributed by atoms with Crippen LogP contribution in [0.2, 0.25) is 0 Å². The zero-order chi connectivity index (χ0) is 20.2. The highest BCUT2D eigenvalue weighted by atomic mass is 15.0. The van der Waals surface area contributed by atoms with Crippen LogP contribution in [0, 0.1) is 5.92 Å². The van der Waals surface area contributed by atoms with Gasteiger partial charge in [0.1, 0.15) is 6.33 Å². The molecule has 4 rings (SSSR count). The molecule has 0 aliphatic heterocycles. The van der Waals surface area contributed by atoms with Crippen LogP contribution < -0.4 is 0 Å². The second-order valence-electron chi connectivity index (χ2n) is 8.06. The summed E-state index contributed by atoms with van der Waals surface area (Å²) >= 11 is 0. The number of aromatic nitrogens is 2. The molecule has 1 heterocycles. The van der Waals surface area contributed by atoms with Gasteiger partial charge in [0.05, 0.1) is 11.0 Å².